The van der Waals surface area contributed by atoms with Crippen molar-refractivity contribution in [3.05, 3.63) is 33.8 Å². The number of halogens is 2. The van der Waals surface area contributed by atoms with Crippen LogP contribution in [-0.2, 0) is 6.42 Å². The van der Waals surface area contributed by atoms with Gasteiger partial charge in [-0.05, 0) is 54.7 Å². The van der Waals surface area contributed by atoms with Crippen LogP contribution in [0.1, 0.15) is 38.7 Å². The lowest BCUT2D eigenvalue weighted by Gasteiger charge is -2.36. The van der Waals surface area contributed by atoms with Gasteiger partial charge in [-0.1, -0.05) is 49.5 Å². The minimum Gasteiger partial charge on any atom is -0.271 e. The number of hydrogen-bond donors (Lipinski definition) is 2. The van der Waals surface area contributed by atoms with E-state index in [1.165, 1.54) is 19.3 Å². The van der Waals surface area contributed by atoms with Crippen LogP contribution in [0, 0.1) is 17.8 Å². The van der Waals surface area contributed by atoms with Crippen LogP contribution in [0.4, 0.5) is 0 Å². The fourth-order valence-corrected chi connectivity index (χ4v) is 3.73. The van der Waals surface area contributed by atoms with Crippen LogP contribution in [-0.4, -0.2) is 6.04 Å². The van der Waals surface area contributed by atoms with Gasteiger partial charge in [-0.2, -0.15) is 0 Å². The van der Waals surface area contributed by atoms with Gasteiger partial charge in [-0.25, -0.2) is 0 Å². The quantitative estimate of drug-likeness (QED) is 0.637. The standard InChI is InChI=1S/C16H24Cl2N2/c1-10-3-4-13(7-11(10)2)16(20-19)8-12-5-6-14(17)9-15(12)18/h5-6,9-11,13,16,20H,3-4,7-8,19H2,1-2H3. The SMILES string of the molecule is CC1CCC(C(Cc2ccc(Cl)cc2Cl)NN)CC1C. The van der Waals surface area contributed by atoms with Gasteiger partial charge < -0.3 is 0 Å². The molecule has 112 valence electrons. The number of hydrogen-bond acceptors (Lipinski definition) is 2. The molecule has 1 fully saturated rings. The van der Waals surface area contributed by atoms with Gasteiger partial charge in [0, 0.05) is 16.1 Å². The lowest BCUT2D eigenvalue weighted by Crippen LogP contribution is -2.44. The normalized spacial score (nSPS) is 28.4. The number of hydrazine groups is 1. The van der Waals surface area contributed by atoms with Gasteiger partial charge in [-0.3, -0.25) is 11.3 Å². The van der Waals surface area contributed by atoms with E-state index >= 15 is 0 Å². The van der Waals surface area contributed by atoms with E-state index in [1.807, 2.05) is 12.1 Å². The third-order valence-electron chi connectivity index (χ3n) is 4.88. The van der Waals surface area contributed by atoms with Crippen LogP contribution in [0.3, 0.4) is 0 Å². The minimum absolute atomic E-state index is 0.281. The molecule has 0 heterocycles. The fourth-order valence-electron chi connectivity index (χ4n) is 3.24. The minimum atomic E-state index is 0.281. The first-order chi connectivity index (χ1) is 9.51. The number of nitrogens with two attached hydrogens (primary N) is 1. The van der Waals surface area contributed by atoms with Gasteiger partial charge in [0.15, 0.2) is 0 Å². The maximum atomic E-state index is 6.27. The van der Waals surface area contributed by atoms with Gasteiger partial charge in [0.1, 0.15) is 0 Å². The Bertz CT molecular complexity index is 450. The van der Waals surface area contributed by atoms with Crippen molar-refractivity contribution in [3.63, 3.8) is 0 Å². The summed E-state index contributed by atoms with van der Waals surface area (Å²) in [5.74, 6) is 8.01. The summed E-state index contributed by atoms with van der Waals surface area (Å²) >= 11 is 12.2. The van der Waals surface area contributed by atoms with Crippen molar-refractivity contribution in [2.24, 2.45) is 23.6 Å². The molecular weight excluding hydrogens is 291 g/mol. The maximum absolute atomic E-state index is 6.27. The second-order valence-electron chi connectivity index (χ2n) is 6.24. The van der Waals surface area contributed by atoms with E-state index in [9.17, 15) is 0 Å². The first-order valence-corrected chi connectivity index (χ1v) is 8.17. The molecule has 0 radical (unpaired) electrons. The summed E-state index contributed by atoms with van der Waals surface area (Å²) in [6.45, 7) is 4.70. The second-order valence-corrected chi connectivity index (χ2v) is 7.08. The van der Waals surface area contributed by atoms with Crippen molar-refractivity contribution < 1.29 is 0 Å². The van der Waals surface area contributed by atoms with E-state index in [-0.39, 0.29) is 6.04 Å². The lowest BCUT2D eigenvalue weighted by atomic mass is 9.72. The molecule has 4 unspecified atom stereocenters. The molecule has 0 spiro atoms. The Kier molecular flexibility index (Phi) is 5.74. The van der Waals surface area contributed by atoms with Crippen LogP contribution in [0.2, 0.25) is 10.0 Å². The van der Waals surface area contributed by atoms with Crippen LogP contribution in [0.15, 0.2) is 18.2 Å². The molecule has 1 aromatic carbocycles. The molecule has 1 aliphatic carbocycles. The second kappa shape index (κ2) is 7.13. The highest BCUT2D eigenvalue weighted by Gasteiger charge is 2.30. The molecule has 0 bridgehead atoms. The average molecular weight is 315 g/mol. The van der Waals surface area contributed by atoms with E-state index < -0.39 is 0 Å². The first-order valence-electron chi connectivity index (χ1n) is 7.41. The zero-order chi connectivity index (χ0) is 14.7. The van der Waals surface area contributed by atoms with Gasteiger partial charge in [0.2, 0.25) is 0 Å². The summed E-state index contributed by atoms with van der Waals surface area (Å²) in [5, 5.41) is 1.41. The van der Waals surface area contributed by atoms with E-state index in [0.717, 1.165) is 28.8 Å². The van der Waals surface area contributed by atoms with Gasteiger partial charge in [0.05, 0.1) is 0 Å². The molecule has 1 saturated carbocycles. The van der Waals surface area contributed by atoms with Crippen molar-refractivity contribution in [2.75, 3.05) is 0 Å². The molecular formula is C16H24Cl2N2. The van der Waals surface area contributed by atoms with Crippen molar-refractivity contribution >= 4 is 23.2 Å². The largest absolute Gasteiger partial charge is 0.271 e. The molecule has 4 atom stereocenters. The van der Waals surface area contributed by atoms with Crippen LogP contribution >= 0.6 is 23.2 Å². The molecule has 0 aromatic heterocycles. The van der Waals surface area contributed by atoms with Crippen molar-refractivity contribution in [1.29, 1.82) is 0 Å². The Balaban J connectivity index is 2.05. The predicted molar refractivity (Wildman–Crippen MR) is 86.9 cm³/mol. The molecule has 0 saturated heterocycles. The highest BCUT2D eigenvalue weighted by Crippen LogP contribution is 2.36. The van der Waals surface area contributed by atoms with Crippen molar-refractivity contribution in [3.8, 4) is 0 Å². The molecule has 0 aliphatic heterocycles. The van der Waals surface area contributed by atoms with E-state index in [2.05, 4.69) is 19.3 Å². The Hall–Kier alpha value is -0.280. The Labute approximate surface area is 132 Å². The highest BCUT2D eigenvalue weighted by atomic mass is 35.5. The molecule has 1 aliphatic rings. The predicted octanol–water partition coefficient (Wildman–Crippen LogP) is 4.44. The highest BCUT2D eigenvalue weighted by molar-refractivity contribution is 6.35. The molecule has 2 nitrogen and oxygen atoms in total. The van der Waals surface area contributed by atoms with Gasteiger partial charge in [0.25, 0.3) is 0 Å². The summed E-state index contributed by atoms with van der Waals surface area (Å²) in [4.78, 5) is 0. The topological polar surface area (TPSA) is 38.0 Å². The van der Waals surface area contributed by atoms with Crippen LogP contribution < -0.4 is 11.3 Å². The molecule has 1 aromatic rings. The lowest BCUT2D eigenvalue weighted by molar-refractivity contribution is 0.170. The Morgan fingerprint density at radius 2 is 2.00 bits per heavy atom. The number of benzene rings is 1. The molecule has 0 amide bonds. The van der Waals surface area contributed by atoms with Crippen molar-refractivity contribution in [1.82, 2.24) is 5.43 Å². The number of nitrogens with one attached hydrogen (secondary N) is 1. The van der Waals surface area contributed by atoms with Crippen molar-refractivity contribution in [2.45, 2.75) is 45.6 Å². The van der Waals surface area contributed by atoms with Crippen LogP contribution in [0.25, 0.3) is 0 Å². The monoisotopic (exact) mass is 314 g/mol. The zero-order valence-electron chi connectivity index (χ0n) is 12.2. The summed E-state index contributed by atoms with van der Waals surface area (Å²) < 4.78 is 0. The molecule has 2 rings (SSSR count). The summed E-state index contributed by atoms with van der Waals surface area (Å²) in [6.07, 6.45) is 4.63. The van der Waals surface area contributed by atoms with Gasteiger partial charge >= 0.3 is 0 Å². The van der Waals surface area contributed by atoms with E-state index in [4.69, 9.17) is 29.0 Å². The maximum Gasteiger partial charge on any atom is 0.0453 e. The molecule has 4 heteroatoms. The molecule has 3 N–H and O–H groups in total. The number of rotatable bonds is 4. The Morgan fingerprint density at radius 1 is 1.25 bits per heavy atom. The third kappa shape index (κ3) is 3.88. The van der Waals surface area contributed by atoms with E-state index in [1.54, 1.807) is 6.07 Å². The molecule has 20 heavy (non-hydrogen) atoms. The Morgan fingerprint density at radius 3 is 2.60 bits per heavy atom. The summed E-state index contributed by atoms with van der Waals surface area (Å²) in [7, 11) is 0. The third-order valence-corrected chi connectivity index (χ3v) is 5.46. The van der Waals surface area contributed by atoms with E-state index in [0.29, 0.717) is 10.9 Å². The fraction of sp³-hybridized carbons (Fsp3) is 0.625. The summed E-state index contributed by atoms with van der Waals surface area (Å²) in [6, 6.07) is 5.98. The zero-order valence-corrected chi connectivity index (χ0v) is 13.7. The summed E-state index contributed by atoms with van der Waals surface area (Å²) in [5.41, 5.74) is 4.12. The van der Waals surface area contributed by atoms with Gasteiger partial charge in [-0.15, -0.1) is 0 Å². The smallest absolute Gasteiger partial charge is 0.0453 e. The average Bonchev–Trinajstić information content (AvgIpc) is 2.41. The van der Waals surface area contributed by atoms with Crippen LogP contribution in [0.5, 0.6) is 0 Å². The first kappa shape index (κ1) is 16.1.